The summed E-state index contributed by atoms with van der Waals surface area (Å²) in [6.45, 7) is 0. The highest BCUT2D eigenvalue weighted by Gasteiger charge is 1.96. The van der Waals surface area contributed by atoms with Crippen LogP contribution in [0.25, 0.3) is 0 Å². The van der Waals surface area contributed by atoms with Crippen LogP contribution in [0.3, 0.4) is 0 Å². The van der Waals surface area contributed by atoms with Crippen LogP contribution in [-0.2, 0) is 4.79 Å². The molecule has 0 radical (unpaired) electrons. The van der Waals surface area contributed by atoms with Gasteiger partial charge in [0.25, 0.3) is 0 Å². The lowest BCUT2D eigenvalue weighted by atomic mass is 10.3. The van der Waals surface area contributed by atoms with Gasteiger partial charge in [-0.05, 0) is 0 Å². The smallest absolute Gasteiger partial charge is 0.217 e. The summed E-state index contributed by atoms with van der Waals surface area (Å²) in [5.41, 5.74) is 9.78. The van der Waals surface area contributed by atoms with E-state index in [4.69, 9.17) is 16.7 Å². The van der Waals surface area contributed by atoms with Gasteiger partial charge < -0.3 is 16.7 Å². The van der Waals surface area contributed by atoms with E-state index in [0.717, 1.165) is 0 Å². The first-order chi connectivity index (χ1) is 4.16. The third-order valence-corrected chi connectivity index (χ3v) is 0.756. The zero-order valence-corrected chi connectivity index (χ0v) is 4.87. The van der Waals surface area contributed by atoms with Crippen LogP contribution in [0.5, 0.6) is 0 Å². The van der Waals surface area contributed by atoms with E-state index in [9.17, 15) is 4.79 Å². The number of oxime groups is 1. The highest BCUT2D eigenvalue weighted by atomic mass is 16.4. The van der Waals surface area contributed by atoms with E-state index in [0.29, 0.717) is 0 Å². The van der Waals surface area contributed by atoms with E-state index in [1.165, 1.54) is 0 Å². The molecule has 0 aliphatic rings. The summed E-state index contributed by atoms with van der Waals surface area (Å²) in [6, 6.07) is 0. The van der Waals surface area contributed by atoms with Gasteiger partial charge in [0.1, 0.15) is 5.84 Å². The van der Waals surface area contributed by atoms with Gasteiger partial charge in [-0.1, -0.05) is 5.16 Å². The first-order valence-corrected chi connectivity index (χ1v) is 2.41. The average Bonchev–Trinajstić information content (AvgIpc) is 1.83. The number of amides is 1. The first kappa shape index (κ1) is 7.74. The Morgan fingerprint density at radius 1 is 1.44 bits per heavy atom. The second kappa shape index (κ2) is 3.71. The number of rotatable bonds is 3. The molecule has 0 aromatic carbocycles. The van der Waals surface area contributed by atoms with Gasteiger partial charge in [-0.25, -0.2) is 0 Å². The molecule has 0 saturated heterocycles. The van der Waals surface area contributed by atoms with Crippen molar-refractivity contribution in [3.8, 4) is 0 Å². The second-order valence-corrected chi connectivity index (χ2v) is 1.56. The Morgan fingerprint density at radius 2 is 2.00 bits per heavy atom. The molecule has 52 valence electrons. The number of carbonyl (C=O) groups excluding carboxylic acids is 1. The lowest BCUT2D eigenvalue weighted by Gasteiger charge is -1.91. The molecule has 5 N–H and O–H groups in total. The van der Waals surface area contributed by atoms with E-state index >= 15 is 0 Å². The van der Waals surface area contributed by atoms with Crippen molar-refractivity contribution in [1.82, 2.24) is 0 Å². The molecule has 0 aliphatic heterocycles. The molecular weight excluding hydrogens is 122 g/mol. The minimum absolute atomic E-state index is 0.0220. The minimum atomic E-state index is -0.457. The zero-order chi connectivity index (χ0) is 7.28. The van der Waals surface area contributed by atoms with Crippen molar-refractivity contribution in [3.05, 3.63) is 0 Å². The molecule has 0 aliphatic carbocycles. The summed E-state index contributed by atoms with van der Waals surface area (Å²) in [7, 11) is 0. The maximum absolute atomic E-state index is 10.0. The number of hydrogen-bond acceptors (Lipinski definition) is 3. The molecule has 0 rings (SSSR count). The van der Waals surface area contributed by atoms with Crippen molar-refractivity contribution in [2.45, 2.75) is 12.8 Å². The van der Waals surface area contributed by atoms with Crippen LogP contribution in [-0.4, -0.2) is 17.0 Å². The molecule has 1 amide bonds. The van der Waals surface area contributed by atoms with E-state index in [1.807, 2.05) is 0 Å². The van der Waals surface area contributed by atoms with Gasteiger partial charge in [-0.2, -0.15) is 0 Å². The van der Waals surface area contributed by atoms with Crippen LogP contribution >= 0.6 is 0 Å². The third kappa shape index (κ3) is 4.60. The van der Waals surface area contributed by atoms with Gasteiger partial charge in [-0.15, -0.1) is 0 Å². The molecule has 9 heavy (non-hydrogen) atoms. The Hall–Kier alpha value is -1.26. The molecule has 5 nitrogen and oxygen atoms in total. The Balaban J connectivity index is 3.39. The normalized spacial score (nSPS) is 11.3. The van der Waals surface area contributed by atoms with Crippen LogP contribution in [0.15, 0.2) is 5.16 Å². The predicted molar refractivity (Wildman–Crippen MR) is 31.8 cm³/mol. The monoisotopic (exact) mass is 131 g/mol. The number of hydrogen-bond donors (Lipinski definition) is 3. The van der Waals surface area contributed by atoms with Crippen molar-refractivity contribution < 1.29 is 10.0 Å². The van der Waals surface area contributed by atoms with E-state index in [1.54, 1.807) is 0 Å². The fourth-order valence-electron chi connectivity index (χ4n) is 0.301. The van der Waals surface area contributed by atoms with Crippen molar-refractivity contribution in [1.29, 1.82) is 0 Å². The molecule has 0 saturated carbocycles. The van der Waals surface area contributed by atoms with Crippen LogP contribution in [0, 0.1) is 0 Å². The summed E-state index contributed by atoms with van der Waals surface area (Å²) >= 11 is 0. The van der Waals surface area contributed by atoms with E-state index in [-0.39, 0.29) is 18.7 Å². The lowest BCUT2D eigenvalue weighted by molar-refractivity contribution is -0.117. The average molecular weight is 131 g/mol. The third-order valence-electron chi connectivity index (χ3n) is 0.756. The summed E-state index contributed by atoms with van der Waals surface area (Å²) < 4.78 is 0. The largest absolute Gasteiger partial charge is 0.409 e. The summed E-state index contributed by atoms with van der Waals surface area (Å²) in [4.78, 5) is 10.0. The highest BCUT2D eigenvalue weighted by molar-refractivity contribution is 5.84. The topological polar surface area (TPSA) is 102 Å². The number of carbonyl (C=O) groups is 1. The molecule has 5 heteroatoms. The van der Waals surface area contributed by atoms with Gasteiger partial charge in [0.2, 0.25) is 5.91 Å². The van der Waals surface area contributed by atoms with E-state index < -0.39 is 5.91 Å². The minimum Gasteiger partial charge on any atom is -0.409 e. The maximum atomic E-state index is 10.0. The van der Waals surface area contributed by atoms with Gasteiger partial charge in [0.05, 0.1) is 0 Å². The van der Waals surface area contributed by atoms with Crippen molar-refractivity contribution in [2.24, 2.45) is 16.6 Å². The van der Waals surface area contributed by atoms with Gasteiger partial charge in [-0.3, -0.25) is 4.79 Å². The van der Waals surface area contributed by atoms with Gasteiger partial charge >= 0.3 is 0 Å². The van der Waals surface area contributed by atoms with Crippen LogP contribution in [0.4, 0.5) is 0 Å². The number of nitrogens with two attached hydrogens (primary N) is 2. The Kier molecular flexibility index (Phi) is 3.19. The van der Waals surface area contributed by atoms with E-state index in [2.05, 4.69) is 5.16 Å². The molecule has 0 bridgehead atoms. The summed E-state index contributed by atoms with van der Waals surface area (Å²) in [5.74, 6) is -0.435. The molecule has 0 aromatic rings. The van der Waals surface area contributed by atoms with Crippen LogP contribution in [0.1, 0.15) is 12.8 Å². The second-order valence-electron chi connectivity index (χ2n) is 1.56. The standard InChI is InChI=1S/C4H9N3O2/c5-3(7-9)1-2-4(6)8/h9H,1-2H2,(H2,5,7)(H2,6,8). The number of primary amides is 1. The molecule has 0 atom stereocenters. The van der Waals surface area contributed by atoms with Crippen molar-refractivity contribution in [3.63, 3.8) is 0 Å². The van der Waals surface area contributed by atoms with Crippen LogP contribution < -0.4 is 11.5 Å². The molecule has 0 aromatic heterocycles. The summed E-state index contributed by atoms with van der Waals surface area (Å²) in [5, 5.41) is 10.6. The Labute approximate surface area is 52.3 Å². The molecule has 0 heterocycles. The van der Waals surface area contributed by atoms with Crippen molar-refractivity contribution in [2.75, 3.05) is 0 Å². The van der Waals surface area contributed by atoms with Crippen molar-refractivity contribution >= 4 is 11.7 Å². The molecule has 0 spiro atoms. The number of nitrogens with zero attached hydrogens (tertiary/aromatic N) is 1. The Bertz CT molecular complexity index is 132. The fraction of sp³-hybridized carbons (Fsp3) is 0.500. The first-order valence-electron chi connectivity index (χ1n) is 2.41. The van der Waals surface area contributed by atoms with Gasteiger partial charge in [0, 0.05) is 12.8 Å². The molecule has 0 fully saturated rings. The fourth-order valence-corrected chi connectivity index (χ4v) is 0.301. The molecule has 0 unspecified atom stereocenters. The SMILES string of the molecule is NC(=O)CCC(N)=NO. The predicted octanol–water partition coefficient (Wildman–Crippen LogP) is -1.00. The maximum Gasteiger partial charge on any atom is 0.217 e. The number of amidine groups is 1. The summed E-state index contributed by atoms with van der Waals surface area (Å²) in [6.07, 6.45) is 0.335. The lowest BCUT2D eigenvalue weighted by Crippen LogP contribution is -2.17. The quantitative estimate of drug-likeness (QED) is 0.198. The zero-order valence-electron chi connectivity index (χ0n) is 4.87. The Morgan fingerprint density at radius 3 is 2.33 bits per heavy atom. The highest BCUT2D eigenvalue weighted by Crippen LogP contribution is 1.85. The van der Waals surface area contributed by atoms with Gasteiger partial charge in [0.15, 0.2) is 0 Å². The van der Waals surface area contributed by atoms with Crippen LogP contribution in [0.2, 0.25) is 0 Å². The molecular formula is C4H9N3O2.